The summed E-state index contributed by atoms with van der Waals surface area (Å²) in [5.74, 6) is 1.14. The van der Waals surface area contributed by atoms with Gasteiger partial charge in [-0.1, -0.05) is 46.3 Å². The van der Waals surface area contributed by atoms with E-state index in [0.717, 1.165) is 35.3 Å². The highest BCUT2D eigenvalue weighted by Crippen LogP contribution is 2.40. The summed E-state index contributed by atoms with van der Waals surface area (Å²) in [4.78, 5) is 9.62. The minimum absolute atomic E-state index is 0.912. The van der Waals surface area contributed by atoms with E-state index >= 15 is 0 Å². The lowest BCUT2D eigenvalue weighted by Crippen LogP contribution is -2.20. The van der Waals surface area contributed by atoms with E-state index in [1.807, 2.05) is 0 Å². The van der Waals surface area contributed by atoms with Crippen molar-refractivity contribution in [3.8, 4) is 0 Å². The Labute approximate surface area is 151 Å². The summed E-state index contributed by atoms with van der Waals surface area (Å²) in [7, 11) is 4.24. The van der Waals surface area contributed by atoms with Crippen LogP contribution in [0.15, 0.2) is 53.0 Å². The van der Waals surface area contributed by atoms with Crippen molar-refractivity contribution in [2.75, 3.05) is 30.4 Å². The number of hydrogen-bond donors (Lipinski definition) is 0. The van der Waals surface area contributed by atoms with Gasteiger partial charge in [0.25, 0.3) is 0 Å². The second-order valence-corrected chi connectivity index (χ2v) is 7.39. The van der Waals surface area contributed by atoms with Gasteiger partial charge in [-0.05, 0) is 30.2 Å². The molecule has 2 heterocycles. The smallest absolute Gasteiger partial charge is 0.134 e. The molecule has 4 heteroatoms. The molecular formula is C20H20BrN3. The lowest BCUT2D eigenvalue weighted by Gasteiger charge is -2.22. The van der Waals surface area contributed by atoms with Gasteiger partial charge in [0.1, 0.15) is 5.82 Å². The van der Waals surface area contributed by atoms with Gasteiger partial charge in [-0.2, -0.15) is 0 Å². The van der Waals surface area contributed by atoms with E-state index in [-0.39, 0.29) is 0 Å². The van der Waals surface area contributed by atoms with Crippen molar-refractivity contribution < 1.29 is 0 Å². The first-order valence-electron chi connectivity index (χ1n) is 8.22. The molecule has 0 saturated heterocycles. The molecule has 1 aromatic heterocycles. The van der Waals surface area contributed by atoms with Crippen molar-refractivity contribution in [1.82, 2.24) is 4.98 Å². The van der Waals surface area contributed by atoms with Gasteiger partial charge < -0.3 is 9.80 Å². The van der Waals surface area contributed by atoms with E-state index in [2.05, 4.69) is 88.4 Å². The topological polar surface area (TPSA) is 19.4 Å². The Morgan fingerprint density at radius 1 is 1.12 bits per heavy atom. The van der Waals surface area contributed by atoms with Gasteiger partial charge in [0, 0.05) is 42.6 Å². The molecule has 0 saturated carbocycles. The van der Waals surface area contributed by atoms with Gasteiger partial charge in [0.2, 0.25) is 0 Å². The van der Waals surface area contributed by atoms with Crippen LogP contribution in [0.1, 0.15) is 11.1 Å². The van der Waals surface area contributed by atoms with E-state index in [1.165, 1.54) is 22.2 Å². The summed E-state index contributed by atoms with van der Waals surface area (Å²) in [5, 5.41) is 1.22. The molecule has 4 rings (SSSR count). The molecule has 122 valence electrons. The highest BCUT2D eigenvalue weighted by molar-refractivity contribution is 9.10. The number of pyridine rings is 1. The highest BCUT2D eigenvalue weighted by Gasteiger charge is 2.26. The quantitative estimate of drug-likeness (QED) is 0.659. The molecule has 0 spiro atoms. The maximum atomic E-state index is 5.00. The van der Waals surface area contributed by atoms with E-state index < -0.39 is 0 Å². The Kier molecular flexibility index (Phi) is 3.93. The first-order chi connectivity index (χ1) is 11.6. The van der Waals surface area contributed by atoms with Gasteiger partial charge in [-0.25, -0.2) is 4.98 Å². The third-order valence-corrected chi connectivity index (χ3v) is 5.08. The molecule has 1 aliphatic rings. The molecule has 0 N–H and O–H groups in total. The van der Waals surface area contributed by atoms with E-state index in [9.17, 15) is 0 Å². The van der Waals surface area contributed by atoms with Crippen LogP contribution in [0.4, 0.5) is 11.5 Å². The normalized spacial score (nSPS) is 13.4. The van der Waals surface area contributed by atoms with Crippen molar-refractivity contribution in [2.24, 2.45) is 0 Å². The van der Waals surface area contributed by atoms with E-state index in [4.69, 9.17) is 4.98 Å². The maximum Gasteiger partial charge on any atom is 0.134 e. The fourth-order valence-electron chi connectivity index (χ4n) is 3.56. The van der Waals surface area contributed by atoms with E-state index in [1.54, 1.807) is 0 Å². The Balaban J connectivity index is 1.84. The lowest BCUT2D eigenvalue weighted by molar-refractivity contribution is 0.827. The zero-order valence-corrected chi connectivity index (χ0v) is 15.5. The number of benzene rings is 2. The van der Waals surface area contributed by atoms with Crippen LogP contribution in [0.3, 0.4) is 0 Å². The number of halogens is 1. The van der Waals surface area contributed by atoms with Crippen molar-refractivity contribution in [2.45, 2.75) is 13.0 Å². The van der Waals surface area contributed by atoms with Crippen molar-refractivity contribution in [3.05, 3.63) is 64.1 Å². The summed E-state index contributed by atoms with van der Waals surface area (Å²) in [6.45, 7) is 1.94. The third kappa shape index (κ3) is 2.65. The minimum atomic E-state index is 0.912. The van der Waals surface area contributed by atoms with Gasteiger partial charge >= 0.3 is 0 Å². The standard InChI is InChI=1S/C20H20BrN3/c1-23(2)19-16-10-11-24(13-14-6-4-3-5-7-14)20(16)22-18-9-8-15(21)12-17(18)19/h3-9,12H,10-11,13H2,1-2H3. The number of hydrogen-bond acceptors (Lipinski definition) is 3. The summed E-state index contributed by atoms with van der Waals surface area (Å²) in [5.41, 5.74) is 5.04. The second kappa shape index (κ2) is 6.10. The first kappa shape index (κ1) is 15.5. The van der Waals surface area contributed by atoms with Crippen LogP contribution in [0.2, 0.25) is 0 Å². The highest BCUT2D eigenvalue weighted by atomic mass is 79.9. The summed E-state index contributed by atoms with van der Waals surface area (Å²) >= 11 is 3.60. The van der Waals surface area contributed by atoms with Crippen molar-refractivity contribution in [1.29, 1.82) is 0 Å². The summed E-state index contributed by atoms with van der Waals surface area (Å²) in [6.07, 6.45) is 1.05. The van der Waals surface area contributed by atoms with Crippen LogP contribution in [-0.4, -0.2) is 25.6 Å². The zero-order chi connectivity index (χ0) is 16.7. The largest absolute Gasteiger partial charge is 0.377 e. The van der Waals surface area contributed by atoms with Gasteiger partial charge in [0.15, 0.2) is 0 Å². The van der Waals surface area contributed by atoms with Gasteiger partial charge in [0.05, 0.1) is 11.2 Å². The monoisotopic (exact) mass is 381 g/mol. The third-order valence-electron chi connectivity index (χ3n) is 4.59. The van der Waals surface area contributed by atoms with Crippen LogP contribution < -0.4 is 9.80 Å². The average molecular weight is 382 g/mol. The Hall–Kier alpha value is -2.07. The lowest BCUT2D eigenvalue weighted by atomic mass is 10.1. The second-order valence-electron chi connectivity index (χ2n) is 6.48. The number of nitrogens with zero attached hydrogens (tertiary/aromatic N) is 3. The average Bonchev–Trinajstić information content (AvgIpc) is 2.95. The number of fused-ring (bicyclic) bond motifs is 2. The van der Waals surface area contributed by atoms with Gasteiger partial charge in [-0.15, -0.1) is 0 Å². The molecule has 3 nitrogen and oxygen atoms in total. The molecular weight excluding hydrogens is 362 g/mol. The maximum absolute atomic E-state index is 5.00. The number of anilines is 2. The molecule has 3 aromatic rings. The van der Waals surface area contributed by atoms with E-state index in [0.29, 0.717) is 0 Å². The predicted molar refractivity (Wildman–Crippen MR) is 105 cm³/mol. The molecule has 0 fully saturated rings. The zero-order valence-electron chi connectivity index (χ0n) is 14.0. The molecule has 0 atom stereocenters. The molecule has 0 amide bonds. The first-order valence-corrected chi connectivity index (χ1v) is 9.01. The predicted octanol–water partition coefficient (Wildman–Crippen LogP) is 4.63. The fourth-order valence-corrected chi connectivity index (χ4v) is 3.92. The summed E-state index contributed by atoms with van der Waals surface area (Å²) in [6, 6.07) is 17.0. The molecule has 0 unspecified atom stereocenters. The molecule has 24 heavy (non-hydrogen) atoms. The van der Waals surface area contributed by atoms with Crippen LogP contribution in [0.5, 0.6) is 0 Å². The van der Waals surface area contributed by atoms with Crippen LogP contribution in [0.25, 0.3) is 10.9 Å². The van der Waals surface area contributed by atoms with Crippen molar-refractivity contribution in [3.63, 3.8) is 0 Å². The molecule has 0 bridgehead atoms. The SMILES string of the molecule is CN(C)c1c2c(nc3ccc(Br)cc13)N(Cc1ccccc1)CC2. The van der Waals surface area contributed by atoms with Gasteiger partial charge in [-0.3, -0.25) is 0 Å². The van der Waals surface area contributed by atoms with Crippen LogP contribution in [-0.2, 0) is 13.0 Å². The fraction of sp³-hybridized carbons (Fsp3) is 0.250. The Morgan fingerprint density at radius 3 is 2.67 bits per heavy atom. The molecule has 0 radical (unpaired) electrons. The number of rotatable bonds is 3. The molecule has 0 aliphatic carbocycles. The van der Waals surface area contributed by atoms with Crippen molar-refractivity contribution >= 4 is 38.3 Å². The summed E-state index contributed by atoms with van der Waals surface area (Å²) < 4.78 is 1.10. The Morgan fingerprint density at radius 2 is 1.92 bits per heavy atom. The Bertz CT molecular complexity index is 890. The minimum Gasteiger partial charge on any atom is -0.377 e. The molecule has 2 aromatic carbocycles. The number of aromatic nitrogens is 1. The van der Waals surface area contributed by atoms with Crippen LogP contribution >= 0.6 is 15.9 Å². The van der Waals surface area contributed by atoms with Crippen LogP contribution in [0, 0.1) is 0 Å². The molecule has 1 aliphatic heterocycles.